The molecule has 1 heterocycles. The molecule has 1 aliphatic rings. The molecule has 0 unspecified atom stereocenters. The Morgan fingerprint density at radius 1 is 1.40 bits per heavy atom. The summed E-state index contributed by atoms with van der Waals surface area (Å²) in [7, 11) is 1.77. The minimum absolute atomic E-state index is 0.129. The van der Waals surface area contributed by atoms with Crippen LogP contribution in [0.1, 0.15) is 62.8 Å². The monoisotopic (exact) mass is 276 g/mol. The molecular formula is C15H24N4O. The van der Waals surface area contributed by atoms with Gasteiger partial charge in [0.2, 0.25) is 0 Å². The van der Waals surface area contributed by atoms with Crippen LogP contribution in [-0.2, 0) is 0 Å². The van der Waals surface area contributed by atoms with Gasteiger partial charge in [-0.05, 0) is 32.6 Å². The average Bonchev–Trinajstić information content (AvgIpc) is 3.21. The van der Waals surface area contributed by atoms with E-state index in [4.69, 9.17) is 0 Å². The summed E-state index contributed by atoms with van der Waals surface area (Å²) in [6, 6.07) is 0. The standard InChI is InChI=1S/C15H24N4O/c1-9(2)13-17-8-11(16-5)12(18-13)14(20)19-15(3,4)10-6-7-10/h8-10,16H,6-7H2,1-5H3,(H,19,20). The molecule has 0 saturated heterocycles. The van der Waals surface area contributed by atoms with E-state index in [2.05, 4.69) is 34.4 Å². The van der Waals surface area contributed by atoms with Crippen molar-refractivity contribution >= 4 is 11.6 Å². The zero-order valence-electron chi connectivity index (χ0n) is 12.9. The third-order valence-corrected chi connectivity index (χ3v) is 3.84. The van der Waals surface area contributed by atoms with Crippen molar-refractivity contribution in [3.8, 4) is 0 Å². The van der Waals surface area contributed by atoms with E-state index in [0.717, 1.165) is 0 Å². The molecule has 20 heavy (non-hydrogen) atoms. The first-order chi connectivity index (χ1) is 9.35. The first-order valence-electron chi connectivity index (χ1n) is 7.22. The first kappa shape index (κ1) is 14.8. The highest BCUT2D eigenvalue weighted by Gasteiger charge is 2.39. The van der Waals surface area contributed by atoms with Gasteiger partial charge in [-0.15, -0.1) is 0 Å². The van der Waals surface area contributed by atoms with E-state index in [1.54, 1.807) is 13.2 Å². The van der Waals surface area contributed by atoms with Crippen LogP contribution in [0.4, 0.5) is 5.69 Å². The molecule has 110 valence electrons. The maximum absolute atomic E-state index is 12.5. The number of aromatic nitrogens is 2. The number of hydrogen-bond acceptors (Lipinski definition) is 4. The highest BCUT2D eigenvalue weighted by Crippen LogP contribution is 2.39. The molecule has 0 bridgehead atoms. The molecule has 5 nitrogen and oxygen atoms in total. The fraction of sp³-hybridized carbons (Fsp3) is 0.667. The minimum Gasteiger partial charge on any atom is -0.385 e. The maximum Gasteiger partial charge on any atom is 0.272 e. The van der Waals surface area contributed by atoms with E-state index in [0.29, 0.717) is 23.1 Å². The number of amides is 1. The lowest BCUT2D eigenvalue weighted by atomic mass is 9.98. The molecule has 2 N–H and O–H groups in total. The number of carbonyl (C=O) groups is 1. The molecule has 5 heteroatoms. The summed E-state index contributed by atoms with van der Waals surface area (Å²) in [5.74, 6) is 1.34. The number of carbonyl (C=O) groups excluding carboxylic acids is 1. The van der Waals surface area contributed by atoms with Crippen molar-refractivity contribution in [3.63, 3.8) is 0 Å². The van der Waals surface area contributed by atoms with Crippen LogP contribution in [0.3, 0.4) is 0 Å². The van der Waals surface area contributed by atoms with Gasteiger partial charge in [0.25, 0.3) is 5.91 Å². The molecule has 2 rings (SSSR count). The second-order valence-electron chi connectivity index (χ2n) is 6.35. The Bertz CT molecular complexity index is 507. The van der Waals surface area contributed by atoms with Crippen LogP contribution >= 0.6 is 0 Å². The smallest absolute Gasteiger partial charge is 0.272 e. The van der Waals surface area contributed by atoms with Gasteiger partial charge in [-0.2, -0.15) is 0 Å². The SMILES string of the molecule is CNc1cnc(C(C)C)nc1C(=O)NC(C)(C)C1CC1. The molecule has 0 atom stereocenters. The van der Waals surface area contributed by atoms with Gasteiger partial charge >= 0.3 is 0 Å². The largest absolute Gasteiger partial charge is 0.385 e. The molecule has 1 aromatic rings. The summed E-state index contributed by atoms with van der Waals surface area (Å²) < 4.78 is 0. The van der Waals surface area contributed by atoms with E-state index < -0.39 is 0 Å². The summed E-state index contributed by atoms with van der Waals surface area (Å²) >= 11 is 0. The lowest BCUT2D eigenvalue weighted by Crippen LogP contribution is -2.45. The predicted octanol–water partition coefficient (Wildman–Crippen LogP) is 2.56. The third kappa shape index (κ3) is 3.08. The molecule has 1 aromatic heterocycles. The van der Waals surface area contributed by atoms with E-state index in [9.17, 15) is 4.79 Å². The number of nitrogens with zero attached hydrogens (tertiary/aromatic N) is 2. The van der Waals surface area contributed by atoms with E-state index in [1.807, 2.05) is 13.8 Å². The van der Waals surface area contributed by atoms with Crippen LogP contribution in [0.15, 0.2) is 6.20 Å². The van der Waals surface area contributed by atoms with Crippen molar-refractivity contribution in [1.29, 1.82) is 0 Å². The predicted molar refractivity (Wildman–Crippen MR) is 79.9 cm³/mol. The molecule has 1 fully saturated rings. The second-order valence-corrected chi connectivity index (χ2v) is 6.35. The number of rotatable bonds is 5. The molecule has 1 aliphatic carbocycles. The van der Waals surface area contributed by atoms with Gasteiger partial charge in [-0.1, -0.05) is 13.8 Å². The normalized spacial score (nSPS) is 15.3. The van der Waals surface area contributed by atoms with Gasteiger partial charge in [0.1, 0.15) is 5.82 Å². The van der Waals surface area contributed by atoms with Crippen LogP contribution in [0, 0.1) is 5.92 Å². The van der Waals surface area contributed by atoms with Crippen molar-refractivity contribution in [3.05, 3.63) is 17.7 Å². The summed E-state index contributed by atoms with van der Waals surface area (Å²) in [4.78, 5) is 21.2. The molecular weight excluding hydrogens is 252 g/mol. The highest BCUT2D eigenvalue weighted by atomic mass is 16.2. The summed E-state index contributed by atoms with van der Waals surface area (Å²) in [6.07, 6.45) is 4.06. The van der Waals surface area contributed by atoms with Crippen LogP contribution in [0.2, 0.25) is 0 Å². The zero-order valence-corrected chi connectivity index (χ0v) is 12.9. The molecule has 0 spiro atoms. The topological polar surface area (TPSA) is 66.9 Å². The van der Waals surface area contributed by atoms with E-state index in [1.165, 1.54) is 12.8 Å². The number of hydrogen-bond donors (Lipinski definition) is 2. The highest BCUT2D eigenvalue weighted by molar-refractivity contribution is 5.97. The third-order valence-electron chi connectivity index (χ3n) is 3.84. The molecule has 0 aliphatic heterocycles. The average molecular weight is 276 g/mol. The van der Waals surface area contributed by atoms with Gasteiger partial charge in [0, 0.05) is 18.5 Å². The lowest BCUT2D eigenvalue weighted by molar-refractivity contribution is 0.0898. The Hall–Kier alpha value is -1.65. The van der Waals surface area contributed by atoms with Crippen molar-refractivity contribution in [2.45, 2.75) is 52.0 Å². The van der Waals surface area contributed by atoms with E-state index in [-0.39, 0.29) is 17.4 Å². The number of anilines is 1. The Balaban J connectivity index is 2.25. The summed E-state index contributed by atoms with van der Waals surface area (Å²) in [5, 5.41) is 6.09. The summed E-state index contributed by atoms with van der Waals surface area (Å²) in [5.41, 5.74) is 0.920. The quantitative estimate of drug-likeness (QED) is 0.867. The fourth-order valence-corrected chi connectivity index (χ4v) is 2.29. The van der Waals surface area contributed by atoms with Crippen molar-refractivity contribution in [2.75, 3.05) is 12.4 Å². The van der Waals surface area contributed by atoms with Crippen molar-refractivity contribution < 1.29 is 4.79 Å². The van der Waals surface area contributed by atoms with Gasteiger partial charge in [0.15, 0.2) is 5.69 Å². The van der Waals surface area contributed by atoms with Crippen molar-refractivity contribution in [2.24, 2.45) is 5.92 Å². The van der Waals surface area contributed by atoms with Gasteiger partial charge in [0.05, 0.1) is 11.9 Å². The minimum atomic E-state index is -0.176. The van der Waals surface area contributed by atoms with Crippen LogP contribution in [0.5, 0.6) is 0 Å². The fourth-order valence-electron chi connectivity index (χ4n) is 2.29. The molecule has 1 saturated carbocycles. The van der Waals surface area contributed by atoms with Crippen LogP contribution in [-0.4, -0.2) is 28.5 Å². The Morgan fingerprint density at radius 2 is 2.05 bits per heavy atom. The molecule has 0 aromatic carbocycles. The van der Waals surface area contributed by atoms with Crippen molar-refractivity contribution in [1.82, 2.24) is 15.3 Å². The van der Waals surface area contributed by atoms with E-state index >= 15 is 0 Å². The Labute approximate surface area is 120 Å². The van der Waals surface area contributed by atoms with Crippen LogP contribution in [0.25, 0.3) is 0 Å². The Kier molecular flexibility index (Phi) is 3.97. The zero-order chi connectivity index (χ0) is 14.9. The Morgan fingerprint density at radius 3 is 2.55 bits per heavy atom. The maximum atomic E-state index is 12.5. The van der Waals surface area contributed by atoms with Gasteiger partial charge in [-0.25, -0.2) is 9.97 Å². The molecule has 0 radical (unpaired) electrons. The number of nitrogens with one attached hydrogen (secondary N) is 2. The second kappa shape index (κ2) is 5.38. The lowest BCUT2D eigenvalue weighted by Gasteiger charge is -2.26. The van der Waals surface area contributed by atoms with Crippen LogP contribution < -0.4 is 10.6 Å². The first-order valence-corrected chi connectivity index (χ1v) is 7.22. The van der Waals surface area contributed by atoms with Gasteiger partial charge < -0.3 is 10.6 Å². The summed E-state index contributed by atoms with van der Waals surface area (Å²) in [6.45, 7) is 8.19. The molecule has 1 amide bonds. The van der Waals surface area contributed by atoms with Gasteiger partial charge in [-0.3, -0.25) is 4.79 Å².